The summed E-state index contributed by atoms with van der Waals surface area (Å²) in [5.41, 5.74) is -1.16. The monoisotopic (exact) mass is 216 g/mol. The molecule has 0 aliphatic heterocycles. The number of aromatic hydroxyl groups is 1. The lowest BCUT2D eigenvalue weighted by Gasteiger charge is -2.14. The van der Waals surface area contributed by atoms with Crippen molar-refractivity contribution in [2.24, 2.45) is 0 Å². The molecular formula is C8H12N2O3S. The Balaban J connectivity index is 3.21. The lowest BCUT2D eigenvalue weighted by Crippen LogP contribution is -2.31. The molecule has 0 radical (unpaired) electrons. The molecule has 1 atom stereocenters. The standard InChI is InChI=1S/C8H12N2O3S/c1-5(4-14-2)10-7(12)3-6(11)9-8(10)13/h3,5,12H,4H2,1-2H3,(H,9,11,13). The summed E-state index contributed by atoms with van der Waals surface area (Å²) in [6, 6.07) is 0.854. The second-order valence-corrected chi connectivity index (χ2v) is 3.88. The zero-order chi connectivity index (χ0) is 10.7. The Morgan fingerprint density at radius 1 is 1.64 bits per heavy atom. The highest BCUT2D eigenvalue weighted by Crippen LogP contribution is 2.13. The van der Waals surface area contributed by atoms with Crippen LogP contribution in [0.1, 0.15) is 13.0 Å². The van der Waals surface area contributed by atoms with Crippen molar-refractivity contribution in [3.05, 3.63) is 26.9 Å². The van der Waals surface area contributed by atoms with Crippen LogP contribution in [0.3, 0.4) is 0 Å². The Morgan fingerprint density at radius 3 is 2.79 bits per heavy atom. The molecule has 0 aliphatic carbocycles. The molecule has 0 aliphatic rings. The highest BCUT2D eigenvalue weighted by molar-refractivity contribution is 7.98. The number of hydrogen-bond acceptors (Lipinski definition) is 4. The van der Waals surface area contributed by atoms with E-state index in [2.05, 4.69) is 4.98 Å². The van der Waals surface area contributed by atoms with Crippen LogP contribution in [-0.4, -0.2) is 26.7 Å². The first kappa shape index (κ1) is 10.9. The summed E-state index contributed by atoms with van der Waals surface area (Å²) >= 11 is 1.56. The molecule has 14 heavy (non-hydrogen) atoms. The van der Waals surface area contributed by atoms with E-state index in [-0.39, 0.29) is 11.9 Å². The molecule has 1 unspecified atom stereocenters. The summed E-state index contributed by atoms with van der Waals surface area (Å²) in [6.45, 7) is 1.80. The Bertz CT molecular complexity index is 423. The van der Waals surface area contributed by atoms with Crippen molar-refractivity contribution < 1.29 is 5.11 Å². The van der Waals surface area contributed by atoms with Crippen LogP contribution in [0.5, 0.6) is 5.88 Å². The highest BCUT2D eigenvalue weighted by Gasteiger charge is 2.10. The van der Waals surface area contributed by atoms with Gasteiger partial charge in [0.05, 0.1) is 6.07 Å². The number of aromatic amines is 1. The number of thioether (sulfide) groups is 1. The third-order valence-corrected chi connectivity index (χ3v) is 2.62. The van der Waals surface area contributed by atoms with Gasteiger partial charge in [-0.3, -0.25) is 14.3 Å². The van der Waals surface area contributed by atoms with Crippen LogP contribution in [0.2, 0.25) is 0 Å². The van der Waals surface area contributed by atoms with Crippen molar-refractivity contribution in [2.45, 2.75) is 13.0 Å². The summed E-state index contributed by atoms with van der Waals surface area (Å²) in [7, 11) is 0. The molecule has 0 amide bonds. The Hall–Kier alpha value is -1.17. The Labute approximate surface area is 84.8 Å². The van der Waals surface area contributed by atoms with E-state index in [1.165, 1.54) is 0 Å². The maximum absolute atomic E-state index is 11.3. The maximum atomic E-state index is 11.3. The van der Waals surface area contributed by atoms with E-state index in [9.17, 15) is 14.7 Å². The average Bonchev–Trinajstić information content (AvgIpc) is 2.01. The molecule has 1 aromatic heterocycles. The average molecular weight is 216 g/mol. The van der Waals surface area contributed by atoms with Crippen LogP contribution >= 0.6 is 11.8 Å². The first-order valence-corrected chi connectivity index (χ1v) is 5.49. The van der Waals surface area contributed by atoms with Crippen molar-refractivity contribution in [3.8, 4) is 5.88 Å². The van der Waals surface area contributed by atoms with Gasteiger partial charge in [-0.25, -0.2) is 4.79 Å². The van der Waals surface area contributed by atoms with Crippen LogP contribution in [0, 0.1) is 0 Å². The quantitative estimate of drug-likeness (QED) is 0.755. The number of H-pyrrole nitrogens is 1. The van der Waals surface area contributed by atoms with Gasteiger partial charge >= 0.3 is 5.69 Å². The molecular weight excluding hydrogens is 204 g/mol. The van der Waals surface area contributed by atoms with Gasteiger partial charge in [0.2, 0.25) is 5.88 Å². The van der Waals surface area contributed by atoms with Gasteiger partial charge in [0.1, 0.15) is 0 Å². The number of hydrogen-bond donors (Lipinski definition) is 2. The number of rotatable bonds is 3. The second kappa shape index (κ2) is 4.36. The van der Waals surface area contributed by atoms with E-state index in [0.717, 1.165) is 10.6 Å². The van der Waals surface area contributed by atoms with Crippen molar-refractivity contribution in [1.82, 2.24) is 9.55 Å². The van der Waals surface area contributed by atoms with Gasteiger partial charge in [0.15, 0.2) is 0 Å². The van der Waals surface area contributed by atoms with Crippen LogP contribution in [0.25, 0.3) is 0 Å². The van der Waals surface area contributed by atoms with Crippen molar-refractivity contribution >= 4 is 11.8 Å². The molecule has 2 N–H and O–H groups in total. The summed E-state index contributed by atoms with van der Waals surface area (Å²) in [6.07, 6.45) is 1.91. The van der Waals surface area contributed by atoms with Gasteiger partial charge in [-0.15, -0.1) is 0 Å². The smallest absolute Gasteiger partial charge is 0.331 e. The van der Waals surface area contributed by atoms with Gasteiger partial charge in [-0.05, 0) is 13.2 Å². The van der Waals surface area contributed by atoms with Crippen molar-refractivity contribution in [1.29, 1.82) is 0 Å². The molecule has 0 aromatic carbocycles. The molecule has 1 rings (SSSR count). The van der Waals surface area contributed by atoms with Crippen molar-refractivity contribution in [3.63, 3.8) is 0 Å². The molecule has 0 saturated heterocycles. The molecule has 0 spiro atoms. The highest BCUT2D eigenvalue weighted by atomic mass is 32.2. The lowest BCUT2D eigenvalue weighted by atomic mass is 10.4. The molecule has 6 heteroatoms. The molecule has 0 bridgehead atoms. The molecule has 1 heterocycles. The minimum atomic E-state index is -0.583. The van der Waals surface area contributed by atoms with E-state index in [4.69, 9.17) is 0 Å². The van der Waals surface area contributed by atoms with Crippen LogP contribution in [0.4, 0.5) is 0 Å². The molecule has 1 aromatic rings. The van der Waals surface area contributed by atoms with Crippen LogP contribution < -0.4 is 11.2 Å². The van der Waals surface area contributed by atoms with Gasteiger partial charge in [-0.2, -0.15) is 11.8 Å². The molecule has 78 valence electrons. The SMILES string of the molecule is CSCC(C)n1c(O)cc(=O)[nH]c1=O. The summed E-state index contributed by atoms with van der Waals surface area (Å²) < 4.78 is 1.16. The largest absolute Gasteiger partial charge is 0.494 e. The number of aromatic nitrogens is 2. The third kappa shape index (κ3) is 2.20. The number of nitrogens with one attached hydrogen (secondary N) is 1. The predicted molar refractivity (Wildman–Crippen MR) is 56.1 cm³/mol. The van der Waals surface area contributed by atoms with Gasteiger partial charge < -0.3 is 5.11 Å². The van der Waals surface area contributed by atoms with Crippen LogP contribution in [-0.2, 0) is 0 Å². The summed E-state index contributed by atoms with van der Waals surface area (Å²) in [5, 5.41) is 9.40. The fraction of sp³-hybridized carbons (Fsp3) is 0.500. The van der Waals surface area contributed by atoms with Crippen LogP contribution in [0.15, 0.2) is 15.7 Å². The third-order valence-electron chi connectivity index (χ3n) is 1.80. The van der Waals surface area contributed by atoms with E-state index in [1.807, 2.05) is 6.26 Å². The van der Waals surface area contributed by atoms with Gasteiger partial charge in [0, 0.05) is 11.8 Å². The summed E-state index contributed by atoms with van der Waals surface area (Å²) in [5.74, 6) is 0.403. The van der Waals surface area contributed by atoms with E-state index >= 15 is 0 Å². The Kier molecular flexibility index (Phi) is 3.40. The van der Waals surface area contributed by atoms with Gasteiger partial charge in [0.25, 0.3) is 5.56 Å². The van der Waals surface area contributed by atoms with E-state index in [1.54, 1.807) is 18.7 Å². The minimum Gasteiger partial charge on any atom is -0.494 e. The summed E-state index contributed by atoms with van der Waals surface area (Å²) in [4.78, 5) is 24.2. The Morgan fingerprint density at radius 2 is 2.29 bits per heavy atom. The normalized spacial score (nSPS) is 12.7. The maximum Gasteiger partial charge on any atom is 0.331 e. The first-order valence-electron chi connectivity index (χ1n) is 4.10. The zero-order valence-electron chi connectivity index (χ0n) is 7.98. The molecule has 0 fully saturated rings. The van der Waals surface area contributed by atoms with E-state index < -0.39 is 11.2 Å². The van der Waals surface area contributed by atoms with Crippen molar-refractivity contribution in [2.75, 3.05) is 12.0 Å². The van der Waals surface area contributed by atoms with Gasteiger partial charge in [-0.1, -0.05) is 0 Å². The molecule has 0 saturated carbocycles. The predicted octanol–water partition coefficient (Wildman–Crippen LogP) is 0.166. The lowest BCUT2D eigenvalue weighted by molar-refractivity contribution is 0.383. The number of nitrogens with zero attached hydrogens (tertiary/aromatic N) is 1. The second-order valence-electron chi connectivity index (χ2n) is 2.97. The minimum absolute atomic E-state index is 0.144. The van der Waals surface area contributed by atoms with E-state index in [0.29, 0.717) is 5.75 Å². The fourth-order valence-corrected chi connectivity index (χ4v) is 1.87. The topological polar surface area (TPSA) is 75.1 Å². The molecule has 5 nitrogen and oxygen atoms in total. The fourth-order valence-electron chi connectivity index (χ4n) is 1.23. The first-order chi connectivity index (χ1) is 6.56. The zero-order valence-corrected chi connectivity index (χ0v) is 8.80.